The van der Waals surface area contributed by atoms with Gasteiger partial charge in [-0.2, -0.15) is 0 Å². The summed E-state index contributed by atoms with van der Waals surface area (Å²) in [5, 5.41) is 3.30. The van der Waals surface area contributed by atoms with Crippen molar-refractivity contribution in [1.29, 1.82) is 0 Å². The average molecular weight is 375 g/mol. The van der Waals surface area contributed by atoms with Gasteiger partial charge in [0.15, 0.2) is 11.5 Å². The van der Waals surface area contributed by atoms with Crippen LogP contribution in [-0.2, 0) is 10.2 Å². The van der Waals surface area contributed by atoms with Crippen molar-refractivity contribution < 1.29 is 14.3 Å². The van der Waals surface area contributed by atoms with Crippen LogP contribution in [0.2, 0.25) is 0 Å². The number of carbonyl (C=O) groups is 1. The molecule has 2 aliphatic carbocycles. The molecule has 2 atom stereocenters. The van der Waals surface area contributed by atoms with Gasteiger partial charge >= 0.3 is 0 Å². The summed E-state index contributed by atoms with van der Waals surface area (Å²) in [7, 11) is 3.33. The Labute approximate surface area is 163 Å². The third-order valence-corrected chi connectivity index (χ3v) is 6.71. The highest BCUT2D eigenvalue weighted by Gasteiger charge is 2.37. The second kappa shape index (κ2) is 8.96. The van der Waals surface area contributed by atoms with Crippen LogP contribution in [0.15, 0.2) is 18.2 Å². The fraction of sp³-hybridized carbons (Fsp3) is 0.682. The number of amides is 1. The Hall–Kier alpha value is -1.75. The highest BCUT2D eigenvalue weighted by molar-refractivity contribution is 5.79. The van der Waals surface area contributed by atoms with Gasteiger partial charge in [-0.3, -0.25) is 4.79 Å². The van der Waals surface area contributed by atoms with Crippen LogP contribution in [-0.4, -0.2) is 33.2 Å². The molecule has 3 rings (SSSR count). The Balaban J connectivity index is 1.78. The molecule has 0 unspecified atom stereocenters. The summed E-state index contributed by atoms with van der Waals surface area (Å²) in [4.78, 5) is 12.8. The first-order valence-electron chi connectivity index (χ1n) is 10.3. The molecule has 0 spiro atoms. The zero-order valence-corrected chi connectivity index (χ0v) is 16.8. The van der Waals surface area contributed by atoms with Gasteiger partial charge < -0.3 is 20.5 Å². The maximum atomic E-state index is 12.8. The fourth-order valence-electron chi connectivity index (χ4n) is 5.01. The van der Waals surface area contributed by atoms with E-state index in [2.05, 4.69) is 17.4 Å². The molecular weight excluding hydrogens is 340 g/mol. The van der Waals surface area contributed by atoms with E-state index >= 15 is 0 Å². The molecule has 0 bridgehead atoms. The van der Waals surface area contributed by atoms with E-state index in [-0.39, 0.29) is 17.2 Å². The Kier molecular flexibility index (Phi) is 6.64. The van der Waals surface area contributed by atoms with Gasteiger partial charge in [-0.05, 0) is 55.8 Å². The molecule has 27 heavy (non-hydrogen) atoms. The minimum absolute atomic E-state index is 0.0235. The molecule has 2 fully saturated rings. The van der Waals surface area contributed by atoms with E-state index in [1.54, 1.807) is 14.2 Å². The lowest BCUT2D eigenvalue weighted by Crippen LogP contribution is -2.45. The number of carbonyl (C=O) groups excluding carboxylic acids is 1. The summed E-state index contributed by atoms with van der Waals surface area (Å²) in [6.45, 7) is 1.30. The summed E-state index contributed by atoms with van der Waals surface area (Å²) in [6.07, 6.45) is 8.99. The predicted octanol–water partition coefficient (Wildman–Crippen LogP) is 3.40. The van der Waals surface area contributed by atoms with Crippen molar-refractivity contribution in [3.63, 3.8) is 0 Å². The van der Waals surface area contributed by atoms with Crippen LogP contribution in [0.3, 0.4) is 0 Å². The summed E-state index contributed by atoms with van der Waals surface area (Å²) in [5.74, 6) is 2.11. The highest BCUT2D eigenvalue weighted by Crippen LogP contribution is 2.42. The Morgan fingerprint density at radius 2 is 1.85 bits per heavy atom. The zero-order chi connectivity index (χ0) is 19.3. The number of rotatable bonds is 7. The number of methoxy groups -OCH3 is 2. The standard InChI is InChI=1S/C22H34N2O3/c1-26-19-10-9-17(13-20(19)27-2)22(11-4-3-5-12-22)15-24-21(25)18-8-6-7-16(18)14-23/h9-10,13,16,18H,3-8,11-12,14-15,23H2,1-2H3,(H,24,25)/t16-,18-/m1/s1. The molecule has 0 aliphatic heterocycles. The maximum absolute atomic E-state index is 12.8. The van der Waals surface area contributed by atoms with Crippen LogP contribution < -0.4 is 20.5 Å². The van der Waals surface area contributed by atoms with E-state index in [4.69, 9.17) is 15.2 Å². The van der Waals surface area contributed by atoms with E-state index in [1.807, 2.05) is 6.07 Å². The molecule has 0 radical (unpaired) electrons. The first kappa shape index (κ1) is 20.0. The Morgan fingerprint density at radius 1 is 1.11 bits per heavy atom. The lowest BCUT2D eigenvalue weighted by Gasteiger charge is -2.38. The second-order valence-electron chi connectivity index (χ2n) is 8.16. The van der Waals surface area contributed by atoms with Crippen LogP contribution in [0.25, 0.3) is 0 Å². The smallest absolute Gasteiger partial charge is 0.223 e. The normalized spacial score (nSPS) is 24.4. The topological polar surface area (TPSA) is 73.6 Å². The summed E-state index contributed by atoms with van der Waals surface area (Å²) >= 11 is 0. The number of hydrogen-bond acceptors (Lipinski definition) is 4. The van der Waals surface area contributed by atoms with Gasteiger partial charge in [0.1, 0.15) is 0 Å². The summed E-state index contributed by atoms with van der Waals surface area (Å²) < 4.78 is 10.9. The third kappa shape index (κ3) is 4.23. The van der Waals surface area contributed by atoms with E-state index in [1.165, 1.54) is 24.8 Å². The molecule has 5 heteroatoms. The average Bonchev–Trinajstić information content (AvgIpc) is 3.21. The van der Waals surface area contributed by atoms with Gasteiger partial charge in [-0.1, -0.05) is 31.7 Å². The fourth-order valence-corrected chi connectivity index (χ4v) is 5.01. The number of benzene rings is 1. The molecule has 150 valence electrons. The Morgan fingerprint density at radius 3 is 2.52 bits per heavy atom. The molecule has 3 N–H and O–H groups in total. The number of nitrogens with two attached hydrogens (primary N) is 1. The molecule has 1 aromatic carbocycles. The van der Waals surface area contributed by atoms with Crippen LogP contribution in [0.1, 0.15) is 56.9 Å². The van der Waals surface area contributed by atoms with E-state index < -0.39 is 0 Å². The van der Waals surface area contributed by atoms with Gasteiger partial charge in [-0.25, -0.2) is 0 Å². The molecule has 2 aliphatic rings. The van der Waals surface area contributed by atoms with Crippen molar-refractivity contribution in [2.45, 2.75) is 56.8 Å². The van der Waals surface area contributed by atoms with Gasteiger partial charge in [0, 0.05) is 17.9 Å². The lowest BCUT2D eigenvalue weighted by atomic mass is 9.69. The number of nitrogens with one attached hydrogen (secondary N) is 1. The molecule has 0 aromatic heterocycles. The Bertz CT molecular complexity index is 640. The van der Waals surface area contributed by atoms with Gasteiger partial charge in [0.05, 0.1) is 14.2 Å². The number of ether oxygens (including phenoxy) is 2. The molecule has 5 nitrogen and oxygen atoms in total. The van der Waals surface area contributed by atoms with Crippen molar-refractivity contribution in [3.05, 3.63) is 23.8 Å². The van der Waals surface area contributed by atoms with Gasteiger partial charge in [-0.15, -0.1) is 0 Å². The lowest BCUT2D eigenvalue weighted by molar-refractivity contribution is -0.126. The molecule has 1 aromatic rings. The van der Waals surface area contributed by atoms with E-state index in [0.717, 1.165) is 43.6 Å². The minimum atomic E-state index is -0.0235. The van der Waals surface area contributed by atoms with Gasteiger partial charge in [0.2, 0.25) is 5.91 Å². The predicted molar refractivity (Wildman–Crippen MR) is 107 cm³/mol. The summed E-state index contributed by atoms with van der Waals surface area (Å²) in [5.41, 5.74) is 7.09. The van der Waals surface area contributed by atoms with Crippen LogP contribution >= 0.6 is 0 Å². The largest absolute Gasteiger partial charge is 0.493 e. The molecule has 0 heterocycles. The summed E-state index contributed by atoms with van der Waals surface area (Å²) in [6, 6.07) is 6.21. The van der Waals surface area contributed by atoms with Crippen molar-refractivity contribution in [2.24, 2.45) is 17.6 Å². The quantitative estimate of drug-likeness (QED) is 0.767. The van der Waals surface area contributed by atoms with Gasteiger partial charge in [0.25, 0.3) is 0 Å². The van der Waals surface area contributed by atoms with E-state index in [0.29, 0.717) is 19.0 Å². The highest BCUT2D eigenvalue weighted by atomic mass is 16.5. The van der Waals surface area contributed by atoms with Crippen molar-refractivity contribution in [1.82, 2.24) is 5.32 Å². The zero-order valence-electron chi connectivity index (χ0n) is 16.8. The third-order valence-electron chi connectivity index (χ3n) is 6.71. The second-order valence-corrected chi connectivity index (χ2v) is 8.16. The van der Waals surface area contributed by atoms with Crippen molar-refractivity contribution in [2.75, 3.05) is 27.3 Å². The van der Waals surface area contributed by atoms with Crippen LogP contribution in [0.4, 0.5) is 0 Å². The van der Waals surface area contributed by atoms with Crippen molar-refractivity contribution >= 4 is 5.91 Å². The van der Waals surface area contributed by atoms with Crippen LogP contribution in [0, 0.1) is 11.8 Å². The first-order chi connectivity index (χ1) is 13.1. The molecule has 1 amide bonds. The number of hydrogen-bond donors (Lipinski definition) is 2. The SMILES string of the molecule is COc1ccc(C2(CNC(=O)[C@@H]3CCC[C@@H]3CN)CCCCC2)cc1OC. The van der Waals surface area contributed by atoms with E-state index in [9.17, 15) is 4.79 Å². The monoisotopic (exact) mass is 374 g/mol. The molecule has 2 saturated carbocycles. The first-order valence-corrected chi connectivity index (χ1v) is 10.3. The molecule has 0 saturated heterocycles. The van der Waals surface area contributed by atoms with Crippen molar-refractivity contribution in [3.8, 4) is 11.5 Å². The molecular formula is C22H34N2O3. The minimum Gasteiger partial charge on any atom is -0.493 e. The maximum Gasteiger partial charge on any atom is 0.223 e. The van der Waals surface area contributed by atoms with Crippen LogP contribution in [0.5, 0.6) is 11.5 Å².